The highest BCUT2D eigenvalue weighted by Crippen LogP contribution is 2.36. The predicted molar refractivity (Wildman–Crippen MR) is 88.6 cm³/mol. The zero-order valence-corrected chi connectivity index (χ0v) is 13.3. The summed E-state index contributed by atoms with van der Waals surface area (Å²) < 4.78 is 7.62. The van der Waals surface area contributed by atoms with Crippen LogP contribution in [0.15, 0.2) is 36.7 Å². The lowest BCUT2D eigenvalue weighted by molar-refractivity contribution is 0.401. The summed E-state index contributed by atoms with van der Waals surface area (Å²) in [6.07, 6.45) is 6.52. The van der Waals surface area contributed by atoms with Gasteiger partial charge in [-0.25, -0.2) is 9.97 Å². The van der Waals surface area contributed by atoms with E-state index in [9.17, 15) is 0 Å². The maximum absolute atomic E-state index is 5.38. The van der Waals surface area contributed by atoms with Gasteiger partial charge in [-0.2, -0.15) is 4.98 Å². The van der Waals surface area contributed by atoms with E-state index < -0.39 is 0 Å². The Morgan fingerprint density at radius 3 is 2.65 bits per heavy atom. The van der Waals surface area contributed by atoms with Crippen LogP contribution in [-0.4, -0.2) is 26.6 Å². The molecule has 1 fully saturated rings. The van der Waals surface area contributed by atoms with E-state index in [1.165, 1.54) is 31.2 Å². The van der Waals surface area contributed by atoms with Crippen LogP contribution in [0.4, 0.5) is 0 Å². The molecule has 4 rings (SSSR count). The minimum Gasteiger partial charge on any atom is -0.479 e. The Bertz CT molecular complexity index is 807. The molecule has 0 bridgehead atoms. The molecule has 0 atom stereocenters. The normalized spacial score (nSPS) is 15.3. The molecule has 0 spiro atoms. The van der Waals surface area contributed by atoms with Crippen LogP contribution in [0.5, 0.6) is 5.88 Å². The summed E-state index contributed by atoms with van der Waals surface area (Å²) in [6.45, 7) is 0.781. The Kier molecular flexibility index (Phi) is 3.69. The van der Waals surface area contributed by atoms with Crippen LogP contribution >= 0.6 is 0 Å². The Labute approximate surface area is 135 Å². The lowest BCUT2D eigenvalue weighted by Gasteiger charge is -2.13. The van der Waals surface area contributed by atoms with Crippen LogP contribution in [0.2, 0.25) is 0 Å². The van der Waals surface area contributed by atoms with Crippen molar-refractivity contribution in [3.05, 3.63) is 48.0 Å². The monoisotopic (exact) mass is 308 g/mol. The van der Waals surface area contributed by atoms with E-state index in [4.69, 9.17) is 9.72 Å². The van der Waals surface area contributed by atoms with Gasteiger partial charge in [0.05, 0.1) is 13.7 Å². The number of nitrogens with zero attached hydrogens (tertiary/aromatic N) is 4. The third-order valence-electron chi connectivity index (χ3n) is 4.63. The number of benzene rings is 1. The highest BCUT2D eigenvalue weighted by molar-refractivity contribution is 5.77. The highest BCUT2D eigenvalue weighted by Gasteiger charge is 2.25. The summed E-state index contributed by atoms with van der Waals surface area (Å²) in [6, 6.07) is 10.5. The predicted octanol–water partition coefficient (Wildman–Crippen LogP) is 3.54. The number of methoxy groups -OCH3 is 1. The van der Waals surface area contributed by atoms with Crippen LogP contribution < -0.4 is 4.74 Å². The van der Waals surface area contributed by atoms with Crippen molar-refractivity contribution in [3.8, 4) is 5.88 Å². The van der Waals surface area contributed by atoms with Crippen molar-refractivity contribution in [2.45, 2.75) is 38.1 Å². The van der Waals surface area contributed by atoms with Crippen LogP contribution in [0.25, 0.3) is 11.2 Å². The zero-order chi connectivity index (χ0) is 15.6. The van der Waals surface area contributed by atoms with E-state index in [0.717, 1.165) is 23.5 Å². The maximum atomic E-state index is 5.38. The van der Waals surface area contributed by atoms with Gasteiger partial charge in [0.2, 0.25) is 5.88 Å². The second-order valence-electron chi connectivity index (χ2n) is 6.08. The topological polar surface area (TPSA) is 52.8 Å². The number of rotatable bonds is 4. The van der Waals surface area contributed by atoms with E-state index >= 15 is 0 Å². The zero-order valence-electron chi connectivity index (χ0n) is 13.3. The molecule has 1 aromatic carbocycles. The molecule has 2 aromatic heterocycles. The van der Waals surface area contributed by atoms with E-state index in [1.807, 2.05) is 6.07 Å². The minimum atomic E-state index is 0.512. The fourth-order valence-electron chi connectivity index (χ4n) is 3.50. The standard InChI is InChI=1S/C18H20N4O/c1-23-18-15-17(19-12-20-18)22(11-13-7-3-2-4-8-13)16(21-15)14-9-5-6-10-14/h2-4,7-8,12,14H,5-6,9-11H2,1H3. The maximum Gasteiger partial charge on any atom is 0.245 e. The number of aromatic nitrogens is 4. The van der Waals surface area contributed by atoms with Crippen molar-refractivity contribution in [1.29, 1.82) is 0 Å². The number of hydrogen-bond donors (Lipinski definition) is 0. The molecule has 0 unspecified atom stereocenters. The quantitative estimate of drug-likeness (QED) is 0.739. The second-order valence-corrected chi connectivity index (χ2v) is 6.08. The largest absolute Gasteiger partial charge is 0.479 e. The molecule has 5 nitrogen and oxygen atoms in total. The fraction of sp³-hybridized carbons (Fsp3) is 0.389. The molecular formula is C18H20N4O. The van der Waals surface area contributed by atoms with E-state index in [0.29, 0.717) is 11.8 Å². The summed E-state index contributed by atoms with van der Waals surface area (Å²) in [5, 5.41) is 0. The Balaban J connectivity index is 1.86. The van der Waals surface area contributed by atoms with Crippen LogP contribution in [0.3, 0.4) is 0 Å². The average molecular weight is 308 g/mol. The minimum absolute atomic E-state index is 0.512. The molecule has 0 aliphatic heterocycles. The van der Waals surface area contributed by atoms with Crippen molar-refractivity contribution in [1.82, 2.24) is 19.5 Å². The third kappa shape index (κ3) is 2.56. The van der Waals surface area contributed by atoms with Crippen molar-refractivity contribution in [2.24, 2.45) is 0 Å². The highest BCUT2D eigenvalue weighted by atomic mass is 16.5. The lowest BCUT2D eigenvalue weighted by Crippen LogP contribution is -2.09. The molecule has 1 aliphatic carbocycles. The molecule has 3 aromatic rings. The number of hydrogen-bond acceptors (Lipinski definition) is 4. The van der Waals surface area contributed by atoms with Crippen molar-refractivity contribution in [3.63, 3.8) is 0 Å². The molecule has 5 heteroatoms. The first kappa shape index (κ1) is 14.2. The molecule has 2 heterocycles. The van der Waals surface area contributed by atoms with Crippen molar-refractivity contribution in [2.75, 3.05) is 7.11 Å². The van der Waals surface area contributed by atoms with Crippen LogP contribution in [0, 0.1) is 0 Å². The Hall–Kier alpha value is -2.43. The first-order chi connectivity index (χ1) is 11.4. The van der Waals surface area contributed by atoms with Crippen molar-refractivity contribution < 1.29 is 4.74 Å². The summed E-state index contributed by atoms with van der Waals surface area (Å²) in [5.41, 5.74) is 2.89. The first-order valence-corrected chi connectivity index (χ1v) is 8.16. The molecule has 0 radical (unpaired) electrons. The van der Waals surface area contributed by atoms with E-state index in [-0.39, 0.29) is 0 Å². The third-order valence-corrected chi connectivity index (χ3v) is 4.63. The van der Waals surface area contributed by atoms with Gasteiger partial charge in [0.25, 0.3) is 0 Å². The van der Waals surface area contributed by atoms with Gasteiger partial charge in [-0.1, -0.05) is 43.2 Å². The molecule has 1 aliphatic rings. The average Bonchev–Trinajstić information content (AvgIpc) is 3.24. The van der Waals surface area contributed by atoms with Gasteiger partial charge in [0.15, 0.2) is 11.2 Å². The van der Waals surface area contributed by atoms with Gasteiger partial charge in [-0.15, -0.1) is 0 Å². The SMILES string of the molecule is COc1ncnc2c1nc(C1CCCC1)n2Cc1ccccc1. The summed E-state index contributed by atoms with van der Waals surface area (Å²) in [7, 11) is 1.63. The molecule has 23 heavy (non-hydrogen) atoms. The summed E-state index contributed by atoms with van der Waals surface area (Å²) in [4.78, 5) is 13.6. The number of imidazole rings is 1. The summed E-state index contributed by atoms with van der Waals surface area (Å²) >= 11 is 0. The van der Waals surface area contributed by atoms with Gasteiger partial charge in [-0.05, 0) is 18.4 Å². The molecule has 0 N–H and O–H groups in total. The van der Waals surface area contributed by atoms with Crippen LogP contribution in [-0.2, 0) is 6.54 Å². The lowest BCUT2D eigenvalue weighted by atomic mass is 10.1. The molecule has 0 amide bonds. The van der Waals surface area contributed by atoms with E-state index in [1.54, 1.807) is 13.4 Å². The van der Waals surface area contributed by atoms with Crippen molar-refractivity contribution >= 4 is 11.2 Å². The Morgan fingerprint density at radius 1 is 1.13 bits per heavy atom. The van der Waals surface area contributed by atoms with E-state index in [2.05, 4.69) is 38.8 Å². The van der Waals surface area contributed by atoms with Gasteiger partial charge in [0.1, 0.15) is 12.2 Å². The molecule has 1 saturated carbocycles. The number of fused-ring (bicyclic) bond motifs is 1. The van der Waals surface area contributed by atoms with Gasteiger partial charge < -0.3 is 9.30 Å². The molecule has 118 valence electrons. The first-order valence-electron chi connectivity index (χ1n) is 8.16. The summed E-state index contributed by atoms with van der Waals surface area (Å²) in [5.74, 6) is 2.19. The van der Waals surface area contributed by atoms with Gasteiger partial charge in [0, 0.05) is 5.92 Å². The smallest absolute Gasteiger partial charge is 0.245 e. The van der Waals surface area contributed by atoms with Gasteiger partial charge >= 0.3 is 0 Å². The molecule has 0 saturated heterocycles. The van der Waals surface area contributed by atoms with Crippen LogP contribution in [0.1, 0.15) is 43.0 Å². The Morgan fingerprint density at radius 2 is 1.91 bits per heavy atom. The second kappa shape index (κ2) is 5.99. The number of ether oxygens (including phenoxy) is 1. The molecular weight excluding hydrogens is 288 g/mol. The fourth-order valence-corrected chi connectivity index (χ4v) is 3.50. The van der Waals surface area contributed by atoms with Gasteiger partial charge in [-0.3, -0.25) is 0 Å².